The molecule has 6 rings (SSSR count). The number of amides is 2. The first kappa shape index (κ1) is 23.0. The van der Waals surface area contributed by atoms with Crippen molar-refractivity contribution in [3.05, 3.63) is 34.5 Å². The average Bonchev–Trinajstić information content (AvgIpc) is 3.40. The lowest BCUT2D eigenvalue weighted by Gasteiger charge is -2.62. The Morgan fingerprint density at radius 2 is 2.06 bits per heavy atom. The number of aromatic nitrogens is 4. The van der Waals surface area contributed by atoms with E-state index in [0.29, 0.717) is 23.2 Å². The highest BCUT2D eigenvalue weighted by Crippen LogP contribution is 2.59. The Morgan fingerprint density at radius 3 is 2.74 bits per heavy atom. The summed E-state index contributed by atoms with van der Waals surface area (Å²) in [5, 5.41) is 21.1. The van der Waals surface area contributed by atoms with Crippen molar-refractivity contribution in [1.82, 2.24) is 20.0 Å². The van der Waals surface area contributed by atoms with Crippen LogP contribution >= 0.6 is 11.3 Å². The van der Waals surface area contributed by atoms with Gasteiger partial charge in [-0.05, 0) is 25.2 Å². The summed E-state index contributed by atoms with van der Waals surface area (Å²) in [6.07, 6.45) is 4.56. The largest absolute Gasteiger partial charge is 0.483 e. The Hall–Kier alpha value is -3.78. The van der Waals surface area contributed by atoms with Crippen molar-refractivity contribution >= 4 is 39.8 Å². The number of carbonyl (C=O) groups excluding carboxylic acids is 2. The second-order valence-electron chi connectivity index (χ2n) is 8.52. The van der Waals surface area contributed by atoms with Gasteiger partial charge in [0.1, 0.15) is 12.4 Å². The summed E-state index contributed by atoms with van der Waals surface area (Å²) in [4.78, 5) is 36.9. The Bertz CT molecular complexity index is 1310. The zero-order valence-electron chi connectivity index (χ0n) is 19.0. The number of rotatable bonds is 10. The van der Waals surface area contributed by atoms with Crippen LogP contribution in [0.15, 0.2) is 27.5 Å². The minimum Gasteiger partial charge on any atom is -0.483 e. The molecule has 0 aliphatic heterocycles. The van der Waals surface area contributed by atoms with Crippen molar-refractivity contribution < 1.29 is 23.5 Å². The van der Waals surface area contributed by atoms with E-state index in [0.717, 1.165) is 36.5 Å². The van der Waals surface area contributed by atoms with Crippen molar-refractivity contribution in [3.63, 3.8) is 0 Å². The summed E-state index contributed by atoms with van der Waals surface area (Å²) in [6, 6.07) is 3.07. The fourth-order valence-electron chi connectivity index (χ4n) is 4.21. The van der Waals surface area contributed by atoms with E-state index in [1.165, 1.54) is 31.0 Å². The maximum absolute atomic E-state index is 12.9. The molecule has 13 nitrogen and oxygen atoms in total. The Balaban J connectivity index is 1.35. The molecule has 0 spiro atoms. The minimum atomic E-state index is -0.766. The van der Waals surface area contributed by atoms with Crippen molar-refractivity contribution in [2.24, 2.45) is 5.92 Å². The highest BCUT2D eigenvalue weighted by atomic mass is 32.1. The number of methoxy groups -OCH3 is 1. The molecule has 2 amide bonds. The van der Waals surface area contributed by atoms with Crippen molar-refractivity contribution in [2.45, 2.75) is 31.7 Å². The Morgan fingerprint density at radius 1 is 1.26 bits per heavy atom. The first-order valence-corrected chi connectivity index (χ1v) is 11.7. The molecule has 0 aromatic carbocycles. The highest BCUT2D eigenvalue weighted by molar-refractivity contribution is 7.17. The smallest absolute Gasteiger partial charge is 0.381 e. The zero-order chi connectivity index (χ0) is 24.6. The number of ether oxygens (including phenoxy) is 2. The lowest BCUT2D eigenvalue weighted by atomic mass is 9.50. The SMILES string of the molecule is COCCOc1c(NC23CC(C2)C3)cc(C(=O)Nc2nnc(-n3nccc3NC(C)=O)s2)oc1=O. The van der Waals surface area contributed by atoms with Crippen LogP contribution in [0.2, 0.25) is 0 Å². The van der Waals surface area contributed by atoms with Crippen LogP contribution < -0.4 is 26.3 Å². The first-order valence-electron chi connectivity index (χ1n) is 10.9. The number of nitrogens with zero attached hydrogens (tertiary/aromatic N) is 4. The van der Waals surface area contributed by atoms with Gasteiger partial charge in [-0.2, -0.15) is 9.78 Å². The number of nitrogens with one attached hydrogen (secondary N) is 3. The van der Waals surface area contributed by atoms with Crippen LogP contribution in [-0.4, -0.2) is 57.7 Å². The van der Waals surface area contributed by atoms with Gasteiger partial charge < -0.3 is 24.5 Å². The van der Waals surface area contributed by atoms with Crippen LogP contribution in [0.5, 0.6) is 5.75 Å². The normalized spacial score (nSPS) is 19.9. The van der Waals surface area contributed by atoms with Gasteiger partial charge in [-0.1, -0.05) is 11.3 Å². The van der Waals surface area contributed by atoms with Crippen LogP contribution in [0, 0.1) is 5.92 Å². The molecule has 3 aromatic heterocycles. The van der Waals surface area contributed by atoms with E-state index < -0.39 is 11.5 Å². The van der Waals surface area contributed by atoms with Crippen molar-refractivity contribution in [1.29, 1.82) is 0 Å². The van der Waals surface area contributed by atoms with Gasteiger partial charge in [0.25, 0.3) is 5.91 Å². The summed E-state index contributed by atoms with van der Waals surface area (Å²) >= 11 is 1.03. The van der Waals surface area contributed by atoms with Gasteiger partial charge in [-0.15, -0.1) is 10.2 Å². The molecular weight excluding hydrogens is 478 g/mol. The van der Waals surface area contributed by atoms with Crippen molar-refractivity contribution in [2.75, 3.05) is 36.3 Å². The van der Waals surface area contributed by atoms with E-state index in [2.05, 4.69) is 31.2 Å². The summed E-state index contributed by atoms with van der Waals surface area (Å²) in [6.45, 7) is 1.84. The summed E-state index contributed by atoms with van der Waals surface area (Å²) < 4.78 is 17.2. The van der Waals surface area contributed by atoms with E-state index in [4.69, 9.17) is 13.9 Å². The third-order valence-corrected chi connectivity index (χ3v) is 6.68. The maximum Gasteiger partial charge on any atom is 0.381 e. The molecule has 35 heavy (non-hydrogen) atoms. The van der Waals surface area contributed by atoms with Gasteiger partial charge >= 0.3 is 5.63 Å². The number of hydrogen-bond donors (Lipinski definition) is 3. The molecule has 3 N–H and O–H groups in total. The number of carbonyl (C=O) groups is 2. The monoisotopic (exact) mass is 501 g/mol. The zero-order valence-corrected chi connectivity index (χ0v) is 19.8. The molecule has 0 saturated heterocycles. The standard InChI is InChI=1S/C21H23N7O6S/c1-11(29)23-15-3-4-22-28(15)20-27-26-19(35-20)24-17(30)14-7-13(25-21-8-12(9-21)10-21)16(18(31)34-14)33-6-5-32-2/h3-4,7,12,25H,5-6,8-10H2,1-2H3,(H,23,29)(H,24,26,30). The van der Waals surface area contributed by atoms with Crippen LogP contribution in [0.25, 0.3) is 5.13 Å². The second-order valence-corrected chi connectivity index (χ2v) is 9.48. The number of hydrogen-bond acceptors (Lipinski definition) is 11. The first-order chi connectivity index (χ1) is 16.9. The van der Waals surface area contributed by atoms with Gasteiger partial charge in [-0.25, -0.2) is 4.79 Å². The van der Waals surface area contributed by atoms with Gasteiger partial charge in [0.2, 0.25) is 21.9 Å². The van der Waals surface area contributed by atoms with Gasteiger partial charge in [-0.3, -0.25) is 14.9 Å². The molecule has 0 atom stereocenters. The van der Waals surface area contributed by atoms with E-state index >= 15 is 0 Å². The predicted molar refractivity (Wildman–Crippen MR) is 125 cm³/mol. The quantitative estimate of drug-likeness (QED) is 0.350. The lowest BCUT2D eigenvalue weighted by molar-refractivity contribution is -0.114. The van der Waals surface area contributed by atoms with Crippen molar-refractivity contribution in [3.8, 4) is 10.9 Å². The van der Waals surface area contributed by atoms with Gasteiger partial charge in [0.05, 0.1) is 18.5 Å². The fraction of sp³-hybridized carbons (Fsp3) is 0.429. The molecule has 0 unspecified atom stereocenters. The summed E-state index contributed by atoms with van der Waals surface area (Å²) in [5.41, 5.74) is -0.415. The molecular formula is C21H23N7O6S. The molecule has 14 heteroatoms. The summed E-state index contributed by atoms with van der Waals surface area (Å²) in [5.74, 6) is 0.0135. The van der Waals surface area contributed by atoms with Crippen LogP contribution in [0.4, 0.5) is 16.6 Å². The van der Waals surface area contributed by atoms with E-state index in [1.807, 2.05) is 0 Å². The third-order valence-electron chi connectivity index (χ3n) is 5.87. The topological polar surface area (TPSA) is 162 Å². The predicted octanol–water partition coefficient (Wildman–Crippen LogP) is 1.88. The molecule has 3 aromatic rings. The van der Waals surface area contributed by atoms with Gasteiger partial charge in [0.15, 0.2) is 5.76 Å². The van der Waals surface area contributed by atoms with E-state index in [9.17, 15) is 14.4 Å². The molecule has 3 aliphatic rings. The Kier molecular flexibility index (Phi) is 5.98. The maximum atomic E-state index is 12.9. The average molecular weight is 502 g/mol. The summed E-state index contributed by atoms with van der Waals surface area (Å²) in [7, 11) is 1.53. The fourth-order valence-corrected chi connectivity index (χ4v) is 4.92. The molecule has 3 aliphatic carbocycles. The van der Waals surface area contributed by atoms with Crippen LogP contribution in [0.1, 0.15) is 36.7 Å². The molecule has 3 heterocycles. The number of anilines is 3. The van der Waals surface area contributed by atoms with Gasteiger partial charge in [0, 0.05) is 31.7 Å². The third kappa shape index (κ3) is 4.61. The van der Waals surface area contributed by atoms with Crippen LogP contribution in [0.3, 0.4) is 0 Å². The Labute approximate surface area is 202 Å². The molecule has 0 radical (unpaired) electrons. The molecule has 2 bridgehead atoms. The highest BCUT2D eigenvalue weighted by Gasteiger charge is 2.57. The lowest BCUT2D eigenvalue weighted by Crippen LogP contribution is -2.63. The second kappa shape index (κ2) is 9.11. The minimum absolute atomic E-state index is 0.0192. The molecule has 3 saturated carbocycles. The van der Waals surface area contributed by atoms with E-state index in [1.54, 1.807) is 6.07 Å². The van der Waals surface area contributed by atoms with Crippen LogP contribution in [-0.2, 0) is 9.53 Å². The molecule has 184 valence electrons. The molecule has 3 fully saturated rings. The van der Waals surface area contributed by atoms with E-state index in [-0.39, 0.29) is 34.7 Å².